The van der Waals surface area contributed by atoms with Crippen molar-refractivity contribution in [3.8, 4) is 6.07 Å². The topological polar surface area (TPSA) is 61.9 Å². The van der Waals surface area contributed by atoms with Gasteiger partial charge in [0.1, 0.15) is 0 Å². The van der Waals surface area contributed by atoms with E-state index in [0.717, 1.165) is 12.8 Å². The Hall–Kier alpha value is -1.83. The molecule has 0 aliphatic heterocycles. The summed E-state index contributed by atoms with van der Waals surface area (Å²) >= 11 is 0. The molecule has 0 aromatic carbocycles. The van der Waals surface area contributed by atoms with Gasteiger partial charge in [0.15, 0.2) is 5.82 Å². The number of nitrogens with zero attached hydrogens (tertiary/aromatic N) is 4. The van der Waals surface area contributed by atoms with Gasteiger partial charge in [0.05, 0.1) is 12.5 Å². The molecule has 1 saturated carbocycles. The maximum Gasteiger partial charge on any atom is 0.293 e. The maximum absolute atomic E-state index is 12.2. The van der Waals surface area contributed by atoms with Crippen LogP contribution in [0.1, 0.15) is 32.2 Å². The number of hydrogen-bond acceptors (Lipinski definition) is 4. The summed E-state index contributed by atoms with van der Waals surface area (Å²) in [6, 6.07) is 2.46. The number of hydrogen-bond donors (Lipinski definition) is 0. The molecule has 5 heteroatoms. The van der Waals surface area contributed by atoms with E-state index in [0.29, 0.717) is 18.3 Å². The molecule has 0 saturated heterocycles. The molecule has 0 amide bonds. The molecule has 1 fully saturated rings. The lowest BCUT2D eigenvalue weighted by atomic mass is 10.2. The SMILES string of the molecule is CC(CC#N)N(C)c1nccn(C2CC2)c1=O. The highest BCUT2D eigenvalue weighted by molar-refractivity contribution is 5.36. The van der Waals surface area contributed by atoms with Crippen molar-refractivity contribution in [3.05, 3.63) is 22.7 Å². The van der Waals surface area contributed by atoms with Gasteiger partial charge in [-0.1, -0.05) is 0 Å². The van der Waals surface area contributed by atoms with Crippen LogP contribution in [0.3, 0.4) is 0 Å². The Morgan fingerprint density at radius 1 is 1.71 bits per heavy atom. The first-order chi connectivity index (χ1) is 8.15. The summed E-state index contributed by atoms with van der Waals surface area (Å²) in [5.41, 5.74) is -0.0534. The smallest absolute Gasteiger partial charge is 0.293 e. The van der Waals surface area contributed by atoms with E-state index < -0.39 is 0 Å². The zero-order chi connectivity index (χ0) is 12.4. The standard InChI is InChI=1S/C12H16N4O/c1-9(5-6-13)15(2)11-12(17)16(8-7-14-11)10-3-4-10/h7-10H,3-5H2,1-2H3. The molecule has 0 N–H and O–H groups in total. The lowest BCUT2D eigenvalue weighted by molar-refractivity contribution is 0.656. The van der Waals surface area contributed by atoms with Gasteiger partial charge in [-0.3, -0.25) is 4.79 Å². The first kappa shape index (κ1) is 11.6. The van der Waals surface area contributed by atoms with Crippen molar-refractivity contribution in [3.63, 3.8) is 0 Å². The number of anilines is 1. The Bertz CT molecular complexity index is 498. The summed E-state index contributed by atoms with van der Waals surface area (Å²) in [4.78, 5) is 18.1. The second-order valence-corrected chi connectivity index (χ2v) is 4.52. The summed E-state index contributed by atoms with van der Waals surface area (Å²) < 4.78 is 1.75. The molecule has 1 aromatic heterocycles. The lowest BCUT2D eigenvalue weighted by Gasteiger charge is -2.23. The van der Waals surface area contributed by atoms with Gasteiger partial charge < -0.3 is 9.47 Å². The Morgan fingerprint density at radius 2 is 2.41 bits per heavy atom. The van der Waals surface area contributed by atoms with Crippen LogP contribution in [0.25, 0.3) is 0 Å². The minimum Gasteiger partial charge on any atom is -0.351 e. The molecule has 0 bridgehead atoms. The molecular formula is C12H16N4O. The first-order valence-corrected chi connectivity index (χ1v) is 5.82. The molecule has 0 radical (unpaired) electrons. The highest BCUT2D eigenvalue weighted by atomic mass is 16.1. The fourth-order valence-corrected chi connectivity index (χ4v) is 1.77. The van der Waals surface area contributed by atoms with Crippen molar-refractivity contribution in [1.82, 2.24) is 9.55 Å². The Balaban J connectivity index is 2.29. The second-order valence-electron chi connectivity index (χ2n) is 4.52. The molecular weight excluding hydrogens is 216 g/mol. The van der Waals surface area contributed by atoms with Gasteiger partial charge in [0, 0.05) is 31.5 Å². The van der Waals surface area contributed by atoms with Crippen LogP contribution in [0.4, 0.5) is 5.82 Å². The lowest BCUT2D eigenvalue weighted by Crippen LogP contribution is -2.36. The third kappa shape index (κ3) is 2.31. The van der Waals surface area contributed by atoms with Crippen molar-refractivity contribution in [1.29, 1.82) is 5.26 Å². The Morgan fingerprint density at radius 3 is 3.00 bits per heavy atom. The second kappa shape index (κ2) is 4.58. The summed E-state index contributed by atoms with van der Waals surface area (Å²) in [6.45, 7) is 1.92. The van der Waals surface area contributed by atoms with Gasteiger partial charge in [-0.05, 0) is 19.8 Å². The summed E-state index contributed by atoms with van der Waals surface area (Å²) in [5, 5.41) is 8.67. The van der Waals surface area contributed by atoms with Gasteiger partial charge in [0.25, 0.3) is 5.56 Å². The quantitative estimate of drug-likeness (QED) is 0.785. The first-order valence-electron chi connectivity index (χ1n) is 5.82. The molecule has 1 aliphatic carbocycles. The molecule has 2 rings (SSSR count). The predicted octanol–water partition coefficient (Wildman–Crippen LogP) is 1.32. The van der Waals surface area contributed by atoms with E-state index in [1.807, 2.05) is 14.0 Å². The normalized spacial score (nSPS) is 16.3. The molecule has 90 valence electrons. The molecule has 17 heavy (non-hydrogen) atoms. The molecule has 1 aliphatic rings. The van der Waals surface area contributed by atoms with Gasteiger partial charge >= 0.3 is 0 Å². The highest BCUT2D eigenvalue weighted by Crippen LogP contribution is 2.33. The Labute approximate surface area is 100 Å². The van der Waals surface area contributed by atoms with Crippen molar-refractivity contribution in [2.24, 2.45) is 0 Å². The predicted molar refractivity (Wildman–Crippen MR) is 64.9 cm³/mol. The fraction of sp³-hybridized carbons (Fsp3) is 0.583. The van der Waals surface area contributed by atoms with Gasteiger partial charge in [-0.15, -0.1) is 0 Å². The number of nitriles is 1. The largest absolute Gasteiger partial charge is 0.351 e. The van der Waals surface area contributed by atoms with Crippen LogP contribution in [0.15, 0.2) is 17.2 Å². The monoisotopic (exact) mass is 232 g/mol. The van der Waals surface area contributed by atoms with E-state index in [-0.39, 0.29) is 11.6 Å². The zero-order valence-electron chi connectivity index (χ0n) is 10.1. The van der Waals surface area contributed by atoms with Crippen molar-refractivity contribution in [2.45, 2.75) is 38.3 Å². The van der Waals surface area contributed by atoms with E-state index >= 15 is 0 Å². The third-order valence-corrected chi connectivity index (χ3v) is 3.17. The third-order valence-electron chi connectivity index (χ3n) is 3.17. The maximum atomic E-state index is 12.2. The molecule has 1 aromatic rings. The molecule has 5 nitrogen and oxygen atoms in total. The van der Waals surface area contributed by atoms with Gasteiger partial charge in [0.2, 0.25) is 0 Å². The average Bonchev–Trinajstić information content (AvgIpc) is 3.13. The highest BCUT2D eigenvalue weighted by Gasteiger charge is 2.26. The van der Waals surface area contributed by atoms with Crippen LogP contribution in [-0.2, 0) is 0 Å². The van der Waals surface area contributed by atoms with Crippen molar-refractivity contribution < 1.29 is 0 Å². The van der Waals surface area contributed by atoms with Crippen LogP contribution >= 0.6 is 0 Å². The average molecular weight is 232 g/mol. The minimum atomic E-state index is -0.0534. The summed E-state index contributed by atoms with van der Waals surface area (Å²) in [5.74, 6) is 0.433. The van der Waals surface area contributed by atoms with Crippen LogP contribution in [0.2, 0.25) is 0 Å². The van der Waals surface area contributed by atoms with E-state index in [1.165, 1.54) is 0 Å². The van der Waals surface area contributed by atoms with Crippen LogP contribution in [0, 0.1) is 11.3 Å². The summed E-state index contributed by atoms with van der Waals surface area (Å²) in [6.07, 6.45) is 5.93. The molecule has 1 atom stereocenters. The number of aromatic nitrogens is 2. The molecule has 0 spiro atoms. The van der Waals surface area contributed by atoms with Crippen LogP contribution < -0.4 is 10.5 Å². The van der Waals surface area contributed by atoms with E-state index in [4.69, 9.17) is 5.26 Å². The zero-order valence-corrected chi connectivity index (χ0v) is 10.1. The van der Waals surface area contributed by atoms with E-state index in [9.17, 15) is 4.79 Å². The fourth-order valence-electron chi connectivity index (χ4n) is 1.77. The minimum absolute atomic E-state index is 0.00440. The van der Waals surface area contributed by atoms with Crippen molar-refractivity contribution >= 4 is 5.82 Å². The van der Waals surface area contributed by atoms with Crippen molar-refractivity contribution in [2.75, 3.05) is 11.9 Å². The molecule has 1 heterocycles. The molecule has 1 unspecified atom stereocenters. The van der Waals surface area contributed by atoms with Gasteiger partial charge in [-0.25, -0.2) is 4.98 Å². The van der Waals surface area contributed by atoms with E-state index in [2.05, 4.69) is 11.1 Å². The summed E-state index contributed by atoms with van der Waals surface area (Å²) in [7, 11) is 1.81. The van der Waals surface area contributed by atoms with Crippen LogP contribution in [0.5, 0.6) is 0 Å². The number of rotatable bonds is 4. The Kier molecular flexibility index (Phi) is 3.14. The van der Waals surface area contributed by atoms with Gasteiger partial charge in [-0.2, -0.15) is 5.26 Å². The van der Waals surface area contributed by atoms with E-state index in [1.54, 1.807) is 21.9 Å². The van der Waals surface area contributed by atoms with Crippen LogP contribution in [-0.4, -0.2) is 22.6 Å².